The molecule has 1 saturated carbocycles. The second-order valence-corrected chi connectivity index (χ2v) is 6.19. The van der Waals surface area contributed by atoms with Gasteiger partial charge in [0, 0.05) is 0 Å². The van der Waals surface area contributed by atoms with Gasteiger partial charge in [-0.15, -0.1) is 0 Å². The van der Waals surface area contributed by atoms with Crippen LogP contribution in [0.2, 0.25) is 0 Å². The maximum Gasteiger partial charge on any atom is 0.0662 e. The van der Waals surface area contributed by atoms with Gasteiger partial charge in [-0.25, -0.2) is 0 Å². The van der Waals surface area contributed by atoms with Gasteiger partial charge >= 0.3 is 0 Å². The van der Waals surface area contributed by atoms with E-state index in [0.717, 1.165) is 6.42 Å². The van der Waals surface area contributed by atoms with Crippen LogP contribution >= 0.6 is 0 Å². The van der Waals surface area contributed by atoms with E-state index in [9.17, 15) is 5.11 Å². The molecule has 86 valence electrons. The fourth-order valence-electron chi connectivity index (χ4n) is 2.89. The van der Waals surface area contributed by atoms with Gasteiger partial charge in [-0.05, 0) is 29.6 Å². The number of aliphatic hydroxyl groups is 1. The van der Waals surface area contributed by atoms with Crippen molar-refractivity contribution < 1.29 is 5.11 Å². The second-order valence-electron chi connectivity index (χ2n) is 6.19. The summed E-state index contributed by atoms with van der Waals surface area (Å²) in [7, 11) is 0. The summed E-state index contributed by atoms with van der Waals surface area (Å²) in [5, 5.41) is 19.3. The van der Waals surface area contributed by atoms with Crippen molar-refractivity contribution in [2.75, 3.05) is 0 Å². The van der Waals surface area contributed by atoms with Gasteiger partial charge in [-0.3, -0.25) is 0 Å². The predicted octanol–water partition coefficient (Wildman–Crippen LogP) is 2.83. The highest BCUT2D eigenvalue weighted by atomic mass is 16.3. The average Bonchev–Trinajstić information content (AvgIpc) is 2.10. The first-order valence-electron chi connectivity index (χ1n) is 5.86. The summed E-state index contributed by atoms with van der Waals surface area (Å²) in [5.41, 5.74) is 0.127. The Bertz CT molecular complexity index is 261. The van der Waals surface area contributed by atoms with Crippen molar-refractivity contribution in [2.24, 2.45) is 29.1 Å². The minimum atomic E-state index is -0.328. The van der Waals surface area contributed by atoms with Gasteiger partial charge in [0.25, 0.3) is 0 Å². The van der Waals surface area contributed by atoms with Gasteiger partial charge in [-0.2, -0.15) is 5.26 Å². The Hall–Kier alpha value is -0.550. The first-order chi connectivity index (χ1) is 6.79. The molecule has 0 bridgehead atoms. The number of hydrogen-bond donors (Lipinski definition) is 1. The number of hydrogen-bond acceptors (Lipinski definition) is 2. The lowest BCUT2D eigenvalue weighted by molar-refractivity contribution is -0.0575. The van der Waals surface area contributed by atoms with E-state index in [-0.39, 0.29) is 23.4 Å². The monoisotopic (exact) mass is 209 g/mol. The number of aliphatic hydroxyl groups excluding tert-OH is 1. The topological polar surface area (TPSA) is 44.0 Å². The fraction of sp³-hybridized carbons (Fsp3) is 0.923. The zero-order valence-electron chi connectivity index (χ0n) is 10.5. The Balaban J connectivity index is 2.88. The third-order valence-electron chi connectivity index (χ3n) is 4.02. The zero-order chi connectivity index (χ0) is 11.8. The summed E-state index contributed by atoms with van der Waals surface area (Å²) in [6, 6.07) is 2.35. The van der Waals surface area contributed by atoms with Crippen molar-refractivity contribution in [3.05, 3.63) is 0 Å². The minimum Gasteiger partial charge on any atom is -0.392 e. The smallest absolute Gasteiger partial charge is 0.0662 e. The van der Waals surface area contributed by atoms with Crippen molar-refractivity contribution in [3.8, 4) is 6.07 Å². The van der Waals surface area contributed by atoms with E-state index in [1.54, 1.807) is 0 Å². The van der Waals surface area contributed by atoms with Gasteiger partial charge in [0.1, 0.15) is 0 Å². The zero-order valence-corrected chi connectivity index (χ0v) is 10.5. The highest BCUT2D eigenvalue weighted by molar-refractivity contribution is 5.00. The van der Waals surface area contributed by atoms with Crippen LogP contribution in [0.15, 0.2) is 0 Å². The quantitative estimate of drug-likeness (QED) is 0.666. The molecule has 0 aromatic rings. The van der Waals surface area contributed by atoms with Crippen LogP contribution in [0.1, 0.15) is 41.0 Å². The Morgan fingerprint density at radius 1 is 1.27 bits per heavy atom. The van der Waals surface area contributed by atoms with Crippen LogP contribution in [-0.4, -0.2) is 11.2 Å². The summed E-state index contributed by atoms with van der Waals surface area (Å²) in [6.07, 6.45) is 0.638. The summed E-state index contributed by atoms with van der Waals surface area (Å²) in [4.78, 5) is 0. The molecule has 5 unspecified atom stereocenters. The van der Waals surface area contributed by atoms with E-state index in [1.807, 2.05) is 6.92 Å². The number of nitrogens with zero attached hydrogens (tertiary/aromatic N) is 1. The molecule has 2 heteroatoms. The van der Waals surface area contributed by atoms with Crippen LogP contribution in [0.3, 0.4) is 0 Å². The van der Waals surface area contributed by atoms with E-state index < -0.39 is 0 Å². The van der Waals surface area contributed by atoms with Crippen molar-refractivity contribution in [1.29, 1.82) is 5.26 Å². The Kier molecular flexibility index (Phi) is 3.45. The molecule has 1 rings (SSSR count). The second kappa shape index (κ2) is 4.14. The van der Waals surface area contributed by atoms with Crippen molar-refractivity contribution in [2.45, 2.75) is 47.1 Å². The summed E-state index contributed by atoms with van der Waals surface area (Å²) >= 11 is 0. The molecule has 1 aliphatic carbocycles. The molecule has 0 spiro atoms. The molecule has 0 saturated heterocycles. The molecule has 1 aliphatic rings. The van der Waals surface area contributed by atoms with Crippen molar-refractivity contribution in [1.82, 2.24) is 0 Å². The van der Waals surface area contributed by atoms with Crippen LogP contribution < -0.4 is 0 Å². The molecule has 2 nitrogen and oxygen atoms in total. The summed E-state index contributed by atoms with van der Waals surface area (Å²) in [6.45, 7) is 10.7. The average molecular weight is 209 g/mol. The first kappa shape index (κ1) is 12.5. The normalized spacial score (nSPS) is 42.3. The van der Waals surface area contributed by atoms with Crippen LogP contribution in [0, 0.1) is 40.4 Å². The molecule has 1 N–H and O–H groups in total. The van der Waals surface area contributed by atoms with E-state index >= 15 is 0 Å². The molecule has 0 amide bonds. The highest BCUT2D eigenvalue weighted by Crippen LogP contribution is 2.45. The highest BCUT2D eigenvalue weighted by Gasteiger charge is 2.44. The first-order valence-corrected chi connectivity index (χ1v) is 5.86. The fourth-order valence-corrected chi connectivity index (χ4v) is 2.89. The molecule has 15 heavy (non-hydrogen) atoms. The molecular weight excluding hydrogens is 186 g/mol. The Morgan fingerprint density at radius 2 is 1.80 bits per heavy atom. The van der Waals surface area contributed by atoms with Crippen molar-refractivity contribution >= 4 is 0 Å². The van der Waals surface area contributed by atoms with Gasteiger partial charge in [-0.1, -0.05) is 34.6 Å². The van der Waals surface area contributed by atoms with Crippen LogP contribution in [0.25, 0.3) is 0 Å². The Morgan fingerprint density at radius 3 is 2.20 bits per heavy atom. The molecule has 0 radical (unpaired) electrons. The molecule has 5 atom stereocenters. The summed E-state index contributed by atoms with van der Waals surface area (Å²) in [5.74, 6) is 0.825. The van der Waals surface area contributed by atoms with Gasteiger partial charge in [0.2, 0.25) is 0 Å². The molecule has 0 aliphatic heterocycles. The lowest BCUT2D eigenvalue weighted by atomic mass is 9.61. The standard InChI is InChI=1S/C13H23NO/c1-8-6-11(13(3,4)5)12(15)9(2)10(8)7-14/h8-12,15H,6H2,1-5H3. The molecule has 0 aromatic carbocycles. The van der Waals surface area contributed by atoms with Crippen LogP contribution in [0.4, 0.5) is 0 Å². The van der Waals surface area contributed by atoms with Crippen molar-refractivity contribution in [3.63, 3.8) is 0 Å². The molecule has 1 fully saturated rings. The maximum atomic E-state index is 10.2. The van der Waals surface area contributed by atoms with Crippen LogP contribution in [0.5, 0.6) is 0 Å². The van der Waals surface area contributed by atoms with Crippen LogP contribution in [-0.2, 0) is 0 Å². The predicted molar refractivity (Wildman–Crippen MR) is 61.0 cm³/mol. The minimum absolute atomic E-state index is 0.0126. The SMILES string of the molecule is CC1CC(C(C)(C)C)C(O)C(C)C1C#N. The van der Waals surface area contributed by atoms with Gasteiger partial charge in [0.15, 0.2) is 0 Å². The van der Waals surface area contributed by atoms with E-state index in [0.29, 0.717) is 11.8 Å². The van der Waals surface area contributed by atoms with E-state index in [4.69, 9.17) is 5.26 Å². The third kappa shape index (κ3) is 2.34. The maximum absolute atomic E-state index is 10.2. The number of rotatable bonds is 0. The molecule has 0 aromatic heterocycles. The Labute approximate surface area is 93.3 Å². The molecule has 0 heterocycles. The van der Waals surface area contributed by atoms with E-state index in [1.165, 1.54) is 0 Å². The third-order valence-corrected chi connectivity index (χ3v) is 4.02. The lowest BCUT2D eigenvalue weighted by Crippen LogP contribution is -2.46. The lowest BCUT2D eigenvalue weighted by Gasteiger charge is -2.45. The molecular formula is C13H23NO. The van der Waals surface area contributed by atoms with Gasteiger partial charge < -0.3 is 5.11 Å². The summed E-state index contributed by atoms with van der Waals surface area (Å²) < 4.78 is 0. The largest absolute Gasteiger partial charge is 0.392 e. The van der Waals surface area contributed by atoms with Gasteiger partial charge in [0.05, 0.1) is 18.1 Å². The number of nitriles is 1. The van der Waals surface area contributed by atoms with E-state index in [2.05, 4.69) is 33.8 Å².